The van der Waals surface area contributed by atoms with E-state index in [1.807, 2.05) is 41.5 Å². The van der Waals surface area contributed by atoms with Crippen LogP contribution in [0.3, 0.4) is 0 Å². The highest BCUT2D eigenvalue weighted by molar-refractivity contribution is 5.97. The quantitative estimate of drug-likeness (QED) is 0.0431. The van der Waals surface area contributed by atoms with Gasteiger partial charge in [-0.3, -0.25) is 28.8 Å². The second-order valence-electron chi connectivity index (χ2n) is 17.3. The van der Waals surface area contributed by atoms with Crippen LogP contribution in [0.25, 0.3) is 0 Å². The predicted molar refractivity (Wildman–Crippen MR) is 227 cm³/mol. The van der Waals surface area contributed by atoms with Crippen molar-refractivity contribution < 1.29 is 53.6 Å². The van der Waals surface area contributed by atoms with E-state index in [0.717, 1.165) is 19.3 Å². The first kappa shape index (κ1) is 53.9. The summed E-state index contributed by atoms with van der Waals surface area (Å²) in [5.74, 6) is -6.53. The number of aliphatic hydroxyl groups is 3. The van der Waals surface area contributed by atoms with Crippen LogP contribution in [-0.4, -0.2) is 118 Å². The van der Waals surface area contributed by atoms with Crippen LogP contribution in [0.1, 0.15) is 139 Å². The number of cyclic esters (lactones) is 1. The molecule has 344 valence electrons. The third-order valence-corrected chi connectivity index (χ3v) is 9.96. The summed E-state index contributed by atoms with van der Waals surface area (Å²) in [6.45, 7) is 14.7. The molecule has 1 rings (SSSR count). The minimum absolute atomic E-state index is 0.103. The molecule has 1 heterocycles. The highest BCUT2D eigenvalue weighted by Crippen LogP contribution is 2.15. The van der Waals surface area contributed by atoms with Crippen molar-refractivity contribution in [3.05, 3.63) is 12.2 Å². The Balaban J connectivity index is 3.41. The molecule has 1 saturated heterocycles. The number of carbonyl (C=O) groups excluding carboxylic acids is 7. The van der Waals surface area contributed by atoms with Crippen LogP contribution >= 0.6 is 0 Å². The Morgan fingerprint density at radius 1 is 0.733 bits per heavy atom. The summed E-state index contributed by atoms with van der Waals surface area (Å²) in [6.07, 6.45) is 7.98. The fraction of sp³-hybridized carbons (Fsp3) is 0.791. The molecule has 0 unspecified atom stereocenters. The molecule has 9 N–H and O–H groups in total. The van der Waals surface area contributed by atoms with Gasteiger partial charge in [0.05, 0.1) is 25.2 Å². The number of aliphatic hydroxyl groups excluding tert-OH is 3. The molecule has 1 aliphatic rings. The molecule has 9 atom stereocenters. The number of amides is 6. The molecule has 0 aromatic carbocycles. The van der Waals surface area contributed by atoms with E-state index in [9.17, 15) is 48.9 Å². The van der Waals surface area contributed by atoms with Crippen molar-refractivity contribution in [2.24, 2.45) is 17.8 Å². The number of nitrogens with one attached hydrogen (secondary N) is 6. The lowest BCUT2D eigenvalue weighted by Crippen LogP contribution is -2.64. The zero-order valence-corrected chi connectivity index (χ0v) is 37.4. The Labute approximate surface area is 356 Å². The van der Waals surface area contributed by atoms with E-state index < -0.39 is 103 Å². The first-order valence-corrected chi connectivity index (χ1v) is 21.8. The molecule has 1 aliphatic heterocycles. The molecule has 0 radical (unpaired) electrons. The number of hydrogen-bond acceptors (Lipinski definition) is 11. The summed E-state index contributed by atoms with van der Waals surface area (Å²) in [5, 5.41) is 46.3. The summed E-state index contributed by atoms with van der Waals surface area (Å²) in [5.41, 5.74) is 0. The first-order chi connectivity index (χ1) is 28.2. The minimum Gasteiger partial charge on any atom is -0.458 e. The molecule has 60 heavy (non-hydrogen) atoms. The Morgan fingerprint density at radius 2 is 1.30 bits per heavy atom. The number of carbonyl (C=O) groups is 7. The van der Waals surface area contributed by atoms with Crippen molar-refractivity contribution in [2.45, 2.75) is 194 Å². The van der Waals surface area contributed by atoms with Crippen LogP contribution in [0, 0.1) is 17.8 Å². The van der Waals surface area contributed by atoms with Crippen molar-refractivity contribution in [3.63, 3.8) is 0 Å². The van der Waals surface area contributed by atoms with Gasteiger partial charge < -0.3 is 52.0 Å². The molecule has 0 aliphatic carbocycles. The number of unbranched alkanes of at least 4 members (excludes halogenated alkanes) is 5. The van der Waals surface area contributed by atoms with Gasteiger partial charge in [-0.25, -0.2) is 4.79 Å². The van der Waals surface area contributed by atoms with Gasteiger partial charge in [-0.05, 0) is 83.0 Å². The van der Waals surface area contributed by atoms with Crippen molar-refractivity contribution in [1.82, 2.24) is 31.9 Å². The Kier molecular flexibility index (Phi) is 25.6. The van der Waals surface area contributed by atoms with E-state index in [1.54, 1.807) is 0 Å². The zero-order chi connectivity index (χ0) is 45.5. The average Bonchev–Trinajstić information content (AvgIpc) is 3.14. The van der Waals surface area contributed by atoms with Gasteiger partial charge in [-0.1, -0.05) is 79.9 Å². The highest BCUT2D eigenvalue weighted by atomic mass is 16.5. The summed E-state index contributed by atoms with van der Waals surface area (Å²) in [6, 6.07) is -8.66. The molecule has 6 amide bonds. The largest absolute Gasteiger partial charge is 0.458 e. The van der Waals surface area contributed by atoms with Crippen LogP contribution in [0.5, 0.6) is 0 Å². The van der Waals surface area contributed by atoms with Crippen molar-refractivity contribution in [2.75, 3.05) is 6.61 Å². The molecular formula is C43H76N6O11. The molecule has 17 nitrogen and oxygen atoms in total. The Morgan fingerprint density at radius 3 is 1.87 bits per heavy atom. The summed E-state index contributed by atoms with van der Waals surface area (Å²) in [7, 11) is 0. The van der Waals surface area contributed by atoms with E-state index in [1.165, 1.54) is 33.1 Å². The van der Waals surface area contributed by atoms with Crippen molar-refractivity contribution in [3.8, 4) is 0 Å². The minimum atomic E-state index is -1.71. The molecule has 0 saturated carbocycles. The predicted octanol–water partition coefficient (Wildman–Crippen LogP) is 1.80. The number of allylic oxidation sites excluding steroid dienone is 2. The lowest BCUT2D eigenvalue weighted by Gasteiger charge is -2.31. The average molecular weight is 853 g/mol. The van der Waals surface area contributed by atoms with Gasteiger partial charge in [0, 0.05) is 0 Å². The summed E-state index contributed by atoms with van der Waals surface area (Å²) in [4.78, 5) is 95.2. The number of rotatable bonds is 22. The van der Waals surface area contributed by atoms with Crippen LogP contribution in [0.2, 0.25) is 0 Å². The molecule has 0 aromatic heterocycles. The lowest BCUT2D eigenvalue weighted by atomic mass is 9.99. The summed E-state index contributed by atoms with van der Waals surface area (Å²) < 4.78 is 5.72. The molecule has 0 bridgehead atoms. The second-order valence-corrected chi connectivity index (χ2v) is 17.3. The van der Waals surface area contributed by atoms with Crippen molar-refractivity contribution in [1.29, 1.82) is 0 Å². The molecule has 17 heteroatoms. The van der Waals surface area contributed by atoms with Crippen molar-refractivity contribution >= 4 is 41.4 Å². The zero-order valence-electron chi connectivity index (χ0n) is 37.4. The first-order valence-electron chi connectivity index (χ1n) is 21.8. The van der Waals surface area contributed by atoms with E-state index >= 15 is 0 Å². The normalized spacial score (nSPS) is 24.0. The molecule has 0 aromatic rings. The van der Waals surface area contributed by atoms with Gasteiger partial charge in [0.1, 0.15) is 42.4 Å². The number of esters is 1. The molecular weight excluding hydrogens is 777 g/mol. The Bertz CT molecular complexity index is 1400. The molecule has 0 spiro atoms. The maximum atomic E-state index is 13.9. The fourth-order valence-electron chi connectivity index (χ4n) is 6.69. The molecule has 1 fully saturated rings. The van der Waals surface area contributed by atoms with E-state index in [-0.39, 0.29) is 43.4 Å². The second kappa shape index (κ2) is 28.4. The van der Waals surface area contributed by atoms with Gasteiger partial charge in [-0.15, -0.1) is 0 Å². The lowest BCUT2D eigenvalue weighted by molar-refractivity contribution is -0.156. The van der Waals surface area contributed by atoms with Crippen LogP contribution in [-0.2, 0) is 38.3 Å². The van der Waals surface area contributed by atoms with Gasteiger partial charge in [0.15, 0.2) is 0 Å². The van der Waals surface area contributed by atoms with Gasteiger partial charge in [0.2, 0.25) is 35.4 Å². The highest BCUT2D eigenvalue weighted by Gasteiger charge is 2.39. The number of ether oxygens (including phenoxy) is 1. The summed E-state index contributed by atoms with van der Waals surface area (Å²) >= 11 is 0. The Hall–Kier alpha value is -4.09. The van der Waals surface area contributed by atoms with Gasteiger partial charge >= 0.3 is 5.97 Å². The van der Waals surface area contributed by atoms with E-state index in [4.69, 9.17) is 4.74 Å². The smallest absolute Gasteiger partial charge is 0.328 e. The third kappa shape index (κ3) is 20.9. The van der Waals surface area contributed by atoms with Gasteiger partial charge in [-0.2, -0.15) is 0 Å². The fourth-order valence-corrected chi connectivity index (χ4v) is 6.69. The standard InChI is InChI=1S/C43H76N6O11/c1-10-11-12-13-14-15-16-17-18-19-30(52)23-35(53)44-31(20-25(2)3)39(55)49-37-29(9)60-43(59)33(22-27(6)7)46-38(54)32(21-26(4)5)45-41(57)36(28(8)51)48-40(56)34(24-50)47-42(37)58/h15-16,25-34,36-37,50-52H,10-14,17-24H2,1-9H3,(H,44,53)(H,45,57)(H,46,54)(H,47,58)(H,48,56)(H,49,55)/b16-15-/t28-,29-,30+,31+,32+,33+,34+,36-,37-/m0/s1. The van der Waals surface area contributed by atoms with Crippen LogP contribution < -0.4 is 31.9 Å². The van der Waals surface area contributed by atoms with E-state index in [0.29, 0.717) is 12.8 Å². The maximum absolute atomic E-state index is 13.9. The van der Waals surface area contributed by atoms with Crippen LogP contribution in [0.15, 0.2) is 12.2 Å². The monoisotopic (exact) mass is 853 g/mol. The van der Waals surface area contributed by atoms with E-state index in [2.05, 4.69) is 51.0 Å². The third-order valence-electron chi connectivity index (χ3n) is 9.96. The van der Waals surface area contributed by atoms with Crippen LogP contribution in [0.4, 0.5) is 0 Å². The van der Waals surface area contributed by atoms with Gasteiger partial charge in [0.25, 0.3) is 0 Å². The SMILES string of the molecule is CCCCCC/C=C\CCC[C@@H](O)CC(=O)N[C@H](CC(C)C)C(=O)N[C@@H]1C(=O)N[C@H](CO)C(=O)N[C@@H]([C@H](C)O)C(=O)N[C@H](CC(C)C)C(=O)N[C@H](CC(C)C)C(=O)O[C@H]1C. The maximum Gasteiger partial charge on any atom is 0.328 e. The topological polar surface area (TPSA) is 262 Å². The number of hydrogen-bond donors (Lipinski definition) is 9.